The number of nitro groups is 1. The Kier molecular flexibility index (Phi) is 7.35. The van der Waals surface area contributed by atoms with Gasteiger partial charge in [0.2, 0.25) is 0 Å². The monoisotopic (exact) mass is 558 g/mol. The second-order valence-corrected chi connectivity index (χ2v) is 9.34. The molecule has 0 spiro atoms. The Morgan fingerprint density at radius 2 is 1.88 bits per heavy atom. The first-order chi connectivity index (χ1) is 19.3. The van der Waals surface area contributed by atoms with Crippen LogP contribution in [-0.2, 0) is 6.54 Å². The molecule has 1 atom stereocenters. The van der Waals surface area contributed by atoms with Crippen LogP contribution in [0.15, 0.2) is 94.3 Å². The molecule has 2 heterocycles. The number of methoxy groups -OCH3 is 1. The summed E-state index contributed by atoms with van der Waals surface area (Å²) < 4.78 is 12.3. The van der Waals surface area contributed by atoms with Crippen LogP contribution in [0.1, 0.15) is 34.9 Å². The minimum absolute atomic E-state index is 0.0195. The van der Waals surface area contributed by atoms with E-state index < -0.39 is 16.9 Å². The fourth-order valence-electron chi connectivity index (χ4n) is 4.45. The molecule has 0 N–H and O–H groups in total. The third kappa shape index (κ3) is 5.04. The molecular weight excluding hydrogens is 536 g/mol. The molecule has 1 amide bonds. The van der Waals surface area contributed by atoms with Crippen molar-refractivity contribution in [2.45, 2.75) is 19.5 Å². The van der Waals surface area contributed by atoms with Gasteiger partial charge >= 0.3 is 0 Å². The Morgan fingerprint density at radius 3 is 2.52 bits per heavy atom. The topological polar surface area (TPSA) is 121 Å². The number of aromatic nitrogens is 2. The zero-order chi connectivity index (χ0) is 28.4. The van der Waals surface area contributed by atoms with Crippen LogP contribution >= 0.6 is 11.6 Å². The molecule has 0 aliphatic heterocycles. The van der Waals surface area contributed by atoms with Gasteiger partial charge in [0.15, 0.2) is 0 Å². The number of benzene rings is 3. The summed E-state index contributed by atoms with van der Waals surface area (Å²) in [4.78, 5) is 44.7. The summed E-state index contributed by atoms with van der Waals surface area (Å²) in [6.45, 7) is 1.77. The van der Waals surface area contributed by atoms with Crippen molar-refractivity contribution in [3.8, 4) is 11.4 Å². The normalized spacial score (nSPS) is 11.8. The van der Waals surface area contributed by atoms with Gasteiger partial charge in [0.25, 0.3) is 17.2 Å². The van der Waals surface area contributed by atoms with Crippen LogP contribution in [-0.4, -0.2) is 32.4 Å². The van der Waals surface area contributed by atoms with E-state index in [2.05, 4.69) is 0 Å². The summed E-state index contributed by atoms with van der Waals surface area (Å²) in [6.07, 6.45) is 1.49. The summed E-state index contributed by atoms with van der Waals surface area (Å²) >= 11 is 6.35. The minimum Gasteiger partial charge on any atom is -0.497 e. The largest absolute Gasteiger partial charge is 0.497 e. The molecule has 3 aromatic carbocycles. The van der Waals surface area contributed by atoms with Gasteiger partial charge in [0, 0.05) is 12.1 Å². The number of non-ortho nitro benzene ring substituents is 1. The van der Waals surface area contributed by atoms with Gasteiger partial charge in [-0.3, -0.25) is 24.3 Å². The predicted molar refractivity (Wildman–Crippen MR) is 149 cm³/mol. The van der Waals surface area contributed by atoms with Crippen LogP contribution in [0.5, 0.6) is 5.75 Å². The quantitative estimate of drug-likeness (QED) is 0.170. The SMILES string of the molecule is COc1ccc(-n2c(C(C)N(Cc3ccco3)C(=O)c3ccc([N+](=O)[O-])cc3Cl)nc3ccccc3c2=O)cc1. The molecule has 0 fully saturated rings. The Balaban J connectivity index is 1.68. The second-order valence-electron chi connectivity index (χ2n) is 8.94. The molecule has 0 aliphatic carbocycles. The highest BCUT2D eigenvalue weighted by atomic mass is 35.5. The first-order valence-corrected chi connectivity index (χ1v) is 12.6. The summed E-state index contributed by atoms with van der Waals surface area (Å²) in [5.41, 5.74) is 0.514. The number of hydrogen-bond acceptors (Lipinski definition) is 7. The third-order valence-electron chi connectivity index (χ3n) is 6.53. The Labute approximate surface area is 233 Å². The van der Waals surface area contributed by atoms with Crippen LogP contribution in [0.25, 0.3) is 16.6 Å². The maximum atomic E-state index is 14.0. The third-order valence-corrected chi connectivity index (χ3v) is 6.85. The van der Waals surface area contributed by atoms with Crippen LogP contribution in [0.2, 0.25) is 5.02 Å². The highest BCUT2D eigenvalue weighted by Gasteiger charge is 2.30. The van der Waals surface area contributed by atoms with Crippen molar-refractivity contribution in [1.29, 1.82) is 0 Å². The number of para-hydroxylation sites is 1. The lowest BCUT2D eigenvalue weighted by atomic mass is 10.1. The number of halogens is 1. The number of nitrogens with zero attached hydrogens (tertiary/aromatic N) is 4. The lowest BCUT2D eigenvalue weighted by Crippen LogP contribution is -2.37. The fourth-order valence-corrected chi connectivity index (χ4v) is 4.71. The molecular formula is C29H23ClN4O6. The molecule has 40 heavy (non-hydrogen) atoms. The van der Waals surface area contributed by atoms with E-state index in [1.807, 2.05) is 0 Å². The number of rotatable bonds is 8. The molecule has 0 saturated heterocycles. The molecule has 0 saturated carbocycles. The number of carbonyl (C=O) groups is 1. The van der Waals surface area contributed by atoms with Crippen molar-refractivity contribution in [1.82, 2.24) is 14.5 Å². The van der Waals surface area contributed by atoms with E-state index >= 15 is 0 Å². The highest BCUT2D eigenvalue weighted by Crippen LogP contribution is 2.30. The molecule has 0 bridgehead atoms. The van der Waals surface area contributed by atoms with E-state index in [4.69, 9.17) is 25.7 Å². The van der Waals surface area contributed by atoms with Crippen LogP contribution < -0.4 is 10.3 Å². The molecule has 2 aromatic heterocycles. The Hall–Kier alpha value is -4.96. The maximum Gasteiger partial charge on any atom is 0.270 e. The van der Waals surface area contributed by atoms with E-state index in [-0.39, 0.29) is 28.4 Å². The molecule has 0 radical (unpaired) electrons. The average molecular weight is 559 g/mol. The molecule has 0 aliphatic rings. The first kappa shape index (κ1) is 26.6. The van der Waals surface area contributed by atoms with Crippen LogP contribution in [0, 0.1) is 10.1 Å². The summed E-state index contributed by atoms with van der Waals surface area (Å²) in [5.74, 6) is 0.874. The van der Waals surface area contributed by atoms with Crippen molar-refractivity contribution in [2.75, 3.05) is 7.11 Å². The first-order valence-electron chi connectivity index (χ1n) is 12.2. The minimum atomic E-state index is -0.775. The fraction of sp³-hybridized carbons (Fsp3) is 0.138. The molecule has 1 unspecified atom stereocenters. The van der Waals surface area contributed by atoms with Gasteiger partial charge in [0.1, 0.15) is 17.3 Å². The Morgan fingerprint density at radius 1 is 1.12 bits per heavy atom. The molecule has 11 heteroatoms. The van der Waals surface area contributed by atoms with E-state index in [1.165, 1.54) is 27.9 Å². The molecule has 5 aromatic rings. The van der Waals surface area contributed by atoms with E-state index in [9.17, 15) is 19.7 Å². The summed E-state index contributed by atoms with van der Waals surface area (Å²) in [6, 6.07) is 20.2. The van der Waals surface area contributed by atoms with E-state index in [0.717, 1.165) is 6.07 Å². The summed E-state index contributed by atoms with van der Waals surface area (Å²) in [5, 5.41) is 11.6. The second kappa shape index (κ2) is 11.0. The van der Waals surface area contributed by atoms with Gasteiger partial charge < -0.3 is 14.1 Å². The number of furan rings is 1. The van der Waals surface area contributed by atoms with Gasteiger partial charge in [-0.1, -0.05) is 23.7 Å². The van der Waals surface area contributed by atoms with Gasteiger partial charge in [-0.05, 0) is 61.5 Å². The number of nitro benzene ring substituents is 1. The highest BCUT2D eigenvalue weighted by molar-refractivity contribution is 6.34. The lowest BCUT2D eigenvalue weighted by Gasteiger charge is -2.30. The zero-order valence-electron chi connectivity index (χ0n) is 21.5. The maximum absolute atomic E-state index is 14.0. The average Bonchev–Trinajstić information content (AvgIpc) is 3.48. The molecule has 202 valence electrons. The zero-order valence-corrected chi connectivity index (χ0v) is 22.2. The van der Waals surface area contributed by atoms with Gasteiger partial charge in [-0.25, -0.2) is 4.98 Å². The smallest absolute Gasteiger partial charge is 0.270 e. The number of fused-ring (bicyclic) bond motifs is 1. The van der Waals surface area contributed by atoms with E-state index in [1.54, 1.807) is 74.7 Å². The van der Waals surface area contributed by atoms with E-state index in [0.29, 0.717) is 33.9 Å². The Bertz CT molecular complexity index is 1770. The van der Waals surface area contributed by atoms with Crippen LogP contribution in [0.4, 0.5) is 5.69 Å². The molecule has 5 rings (SSSR count). The number of ether oxygens (including phenoxy) is 1. The standard InChI is InChI=1S/C29H23ClN4O6/c1-18(32(17-22-6-5-15-40-22)28(35)23-14-11-20(34(37)38)16-25(23)30)27-31-26-8-4-3-7-24(26)29(36)33(27)19-9-12-21(39-2)13-10-19/h3-16,18H,17H2,1-2H3. The van der Waals surface area contributed by atoms with Crippen molar-refractivity contribution < 1.29 is 18.9 Å². The van der Waals surface area contributed by atoms with Crippen molar-refractivity contribution in [3.05, 3.63) is 128 Å². The molecule has 10 nitrogen and oxygen atoms in total. The number of amides is 1. The number of carbonyl (C=O) groups excluding carboxylic acids is 1. The summed E-state index contributed by atoms with van der Waals surface area (Å²) in [7, 11) is 1.55. The lowest BCUT2D eigenvalue weighted by molar-refractivity contribution is -0.384. The van der Waals surface area contributed by atoms with Crippen molar-refractivity contribution >= 4 is 34.1 Å². The van der Waals surface area contributed by atoms with Gasteiger partial charge in [-0.15, -0.1) is 0 Å². The van der Waals surface area contributed by atoms with Crippen molar-refractivity contribution in [2.24, 2.45) is 0 Å². The predicted octanol–water partition coefficient (Wildman–Crippen LogP) is 5.95. The number of hydrogen-bond donors (Lipinski definition) is 0. The van der Waals surface area contributed by atoms with Gasteiger partial charge in [0.05, 0.1) is 58.1 Å². The van der Waals surface area contributed by atoms with Crippen molar-refractivity contribution in [3.63, 3.8) is 0 Å². The van der Waals surface area contributed by atoms with Crippen LogP contribution in [0.3, 0.4) is 0 Å². The van der Waals surface area contributed by atoms with Gasteiger partial charge in [-0.2, -0.15) is 0 Å².